The summed E-state index contributed by atoms with van der Waals surface area (Å²) in [5.74, 6) is 1.75. The molecule has 1 saturated carbocycles. The Bertz CT molecular complexity index is 967. The number of anilines is 2. The first-order chi connectivity index (χ1) is 17.3. The smallest absolute Gasteiger partial charge is 0.126 e. The summed E-state index contributed by atoms with van der Waals surface area (Å²) >= 11 is 0. The molecule has 8 heteroatoms. The van der Waals surface area contributed by atoms with Gasteiger partial charge in [-0.1, -0.05) is 6.07 Å². The van der Waals surface area contributed by atoms with E-state index >= 15 is 0 Å². The van der Waals surface area contributed by atoms with Gasteiger partial charge in [-0.3, -0.25) is 0 Å². The summed E-state index contributed by atoms with van der Waals surface area (Å²) in [5, 5.41) is 10.8. The number of aromatic nitrogens is 2. The highest BCUT2D eigenvalue weighted by Gasteiger charge is 2.28. The second kappa shape index (κ2) is 12.3. The molecule has 198 valence electrons. The number of pyridine rings is 2. The van der Waals surface area contributed by atoms with E-state index in [0.29, 0.717) is 37.9 Å². The van der Waals surface area contributed by atoms with Crippen LogP contribution < -0.4 is 16.0 Å². The van der Waals surface area contributed by atoms with E-state index in [0.717, 1.165) is 60.7 Å². The number of nitrogens with one attached hydrogen (secondary N) is 3. The fourth-order valence-corrected chi connectivity index (χ4v) is 4.94. The van der Waals surface area contributed by atoms with E-state index in [4.69, 9.17) is 19.2 Å². The lowest BCUT2D eigenvalue weighted by Gasteiger charge is -2.35. The van der Waals surface area contributed by atoms with Crippen molar-refractivity contribution in [3.63, 3.8) is 0 Å². The minimum Gasteiger partial charge on any atom is -0.383 e. The van der Waals surface area contributed by atoms with Gasteiger partial charge in [0.1, 0.15) is 11.6 Å². The third kappa shape index (κ3) is 7.62. The molecule has 3 heterocycles. The molecule has 0 aromatic carbocycles. The van der Waals surface area contributed by atoms with Gasteiger partial charge in [0.15, 0.2) is 0 Å². The Kier molecular flexibility index (Phi) is 9.17. The van der Waals surface area contributed by atoms with Gasteiger partial charge < -0.3 is 30.2 Å². The van der Waals surface area contributed by atoms with E-state index in [9.17, 15) is 0 Å². The minimum atomic E-state index is -0.210. The molecule has 4 rings (SSSR count). The molecule has 2 fully saturated rings. The van der Waals surface area contributed by atoms with E-state index in [1.54, 1.807) is 7.11 Å². The van der Waals surface area contributed by atoms with Crippen LogP contribution in [0.4, 0.5) is 11.6 Å². The van der Waals surface area contributed by atoms with E-state index < -0.39 is 0 Å². The molecule has 8 nitrogen and oxygen atoms in total. The molecule has 1 saturated heterocycles. The Hall–Kier alpha value is -2.26. The molecule has 0 spiro atoms. The standard InChI is InChI=1S/C28H43N5O3/c1-19-14-29-27(32-22-11-9-21(10-12-22)31-20(2)16-34-5)13-24(19)25-7-6-8-26(33-25)30-15-23-17-36-28(3,4)18-35-23/h6-8,13-14,20-23,31H,9-12,15-18H2,1-5H3,(H,29,32)(H,30,33)/t20-,21?,22?,23?/m1/s1. The average Bonchev–Trinajstić information content (AvgIpc) is 2.86. The van der Waals surface area contributed by atoms with Gasteiger partial charge in [-0.15, -0.1) is 0 Å². The van der Waals surface area contributed by atoms with Crippen LogP contribution in [-0.2, 0) is 14.2 Å². The second-order valence-corrected chi connectivity index (χ2v) is 10.9. The van der Waals surface area contributed by atoms with E-state index in [1.165, 1.54) is 0 Å². The van der Waals surface area contributed by atoms with Crippen molar-refractivity contribution < 1.29 is 14.2 Å². The molecule has 2 aliphatic rings. The lowest BCUT2D eigenvalue weighted by atomic mass is 9.90. The van der Waals surface area contributed by atoms with Gasteiger partial charge in [-0.2, -0.15) is 0 Å². The summed E-state index contributed by atoms with van der Waals surface area (Å²) < 4.78 is 17.1. The van der Waals surface area contributed by atoms with Crippen LogP contribution >= 0.6 is 0 Å². The fraction of sp³-hybridized carbons (Fsp3) is 0.643. The first-order valence-corrected chi connectivity index (χ1v) is 13.3. The van der Waals surface area contributed by atoms with Gasteiger partial charge in [-0.05, 0) is 77.1 Å². The molecule has 1 unspecified atom stereocenters. The quantitative estimate of drug-likeness (QED) is 0.445. The van der Waals surface area contributed by atoms with Crippen LogP contribution in [0.15, 0.2) is 30.5 Å². The van der Waals surface area contributed by atoms with Crippen molar-refractivity contribution in [2.45, 2.75) is 83.2 Å². The zero-order valence-corrected chi connectivity index (χ0v) is 22.5. The lowest BCUT2D eigenvalue weighted by Crippen LogP contribution is -2.44. The maximum Gasteiger partial charge on any atom is 0.126 e. The normalized spacial score (nSPS) is 24.8. The number of hydrogen-bond acceptors (Lipinski definition) is 8. The first kappa shape index (κ1) is 26.8. The Morgan fingerprint density at radius 2 is 1.92 bits per heavy atom. The summed E-state index contributed by atoms with van der Waals surface area (Å²) in [7, 11) is 1.76. The fourth-order valence-electron chi connectivity index (χ4n) is 4.94. The molecular weight excluding hydrogens is 454 g/mol. The largest absolute Gasteiger partial charge is 0.383 e. The van der Waals surface area contributed by atoms with Crippen LogP contribution in [0, 0.1) is 6.92 Å². The molecule has 0 amide bonds. The van der Waals surface area contributed by atoms with Crippen molar-refractivity contribution >= 4 is 11.6 Å². The van der Waals surface area contributed by atoms with E-state index in [2.05, 4.69) is 60.8 Å². The summed E-state index contributed by atoms with van der Waals surface area (Å²) in [4.78, 5) is 9.54. The lowest BCUT2D eigenvalue weighted by molar-refractivity contribution is -0.170. The third-order valence-electron chi connectivity index (χ3n) is 6.98. The topological polar surface area (TPSA) is 89.6 Å². The number of ether oxygens (including phenoxy) is 3. The molecule has 36 heavy (non-hydrogen) atoms. The number of hydrogen-bond donors (Lipinski definition) is 3. The van der Waals surface area contributed by atoms with Crippen molar-refractivity contribution in [1.82, 2.24) is 15.3 Å². The number of nitrogens with zero attached hydrogens (tertiary/aromatic N) is 2. The van der Waals surface area contributed by atoms with Gasteiger partial charge in [0.25, 0.3) is 0 Å². The van der Waals surface area contributed by atoms with Crippen molar-refractivity contribution in [1.29, 1.82) is 0 Å². The Morgan fingerprint density at radius 3 is 2.64 bits per heavy atom. The zero-order valence-electron chi connectivity index (χ0n) is 22.5. The van der Waals surface area contributed by atoms with Crippen molar-refractivity contribution in [2.75, 3.05) is 44.1 Å². The van der Waals surface area contributed by atoms with Gasteiger partial charge in [0.2, 0.25) is 0 Å². The van der Waals surface area contributed by atoms with E-state index in [-0.39, 0.29) is 11.7 Å². The molecule has 2 aromatic heterocycles. The minimum absolute atomic E-state index is 0.0235. The van der Waals surface area contributed by atoms with Crippen LogP contribution in [0.5, 0.6) is 0 Å². The van der Waals surface area contributed by atoms with E-state index in [1.807, 2.05) is 18.3 Å². The summed E-state index contributed by atoms with van der Waals surface area (Å²) in [5.41, 5.74) is 2.93. The van der Waals surface area contributed by atoms with Crippen molar-refractivity contribution in [3.05, 3.63) is 36.0 Å². The number of methoxy groups -OCH3 is 1. The molecule has 1 aliphatic heterocycles. The Morgan fingerprint density at radius 1 is 1.14 bits per heavy atom. The van der Waals surface area contributed by atoms with Crippen molar-refractivity contribution in [3.8, 4) is 11.3 Å². The van der Waals surface area contributed by atoms with Crippen LogP contribution in [0.3, 0.4) is 0 Å². The highest BCUT2D eigenvalue weighted by Crippen LogP contribution is 2.27. The predicted octanol–water partition coefficient (Wildman–Crippen LogP) is 4.41. The first-order valence-electron chi connectivity index (χ1n) is 13.3. The van der Waals surface area contributed by atoms with Crippen LogP contribution in [0.25, 0.3) is 11.3 Å². The monoisotopic (exact) mass is 497 g/mol. The maximum absolute atomic E-state index is 5.93. The summed E-state index contributed by atoms with van der Waals surface area (Å²) in [6.07, 6.45) is 6.54. The van der Waals surface area contributed by atoms with Crippen LogP contribution in [-0.4, -0.2) is 73.3 Å². The SMILES string of the molecule is COC[C@@H](C)NC1CCC(Nc2cc(-c3cccc(NCC4COC(C)(C)CO4)n3)c(C)cn2)CC1. The molecule has 1 aliphatic carbocycles. The molecule has 2 aromatic rings. The highest BCUT2D eigenvalue weighted by atomic mass is 16.6. The molecule has 2 atom stereocenters. The van der Waals surface area contributed by atoms with Gasteiger partial charge >= 0.3 is 0 Å². The van der Waals surface area contributed by atoms with Crippen LogP contribution in [0.1, 0.15) is 52.0 Å². The molecule has 0 bridgehead atoms. The number of aryl methyl sites for hydroxylation is 1. The Balaban J connectivity index is 1.33. The summed E-state index contributed by atoms with van der Waals surface area (Å²) in [6, 6.07) is 9.60. The molecule has 0 radical (unpaired) electrons. The second-order valence-electron chi connectivity index (χ2n) is 10.9. The zero-order chi connectivity index (χ0) is 25.5. The third-order valence-corrected chi connectivity index (χ3v) is 6.98. The molecular formula is C28H43N5O3. The predicted molar refractivity (Wildman–Crippen MR) is 145 cm³/mol. The Labute approximate surface area is 215 Å². The van der Waals surface area contributed by atoms with Gasteiger partial charge in [-0.25, -0.2) is 9.97 Å². The summed E-state index contributed by atoms with van der Waals surface area (Å²) in [6.45, 7) is 11.0. The molecule has 3 N–H and O–H groups in total. The van der Waals surface area contributed by atoms with Crippen LogP contribution in [0.2, 0.25) is 0 Å². The average molecular weight is 498 g/mol. The van der Waals surface area contributed by atoms with Crippen molar-refractivity contribution in [2.24, 2.45) is 0 Å². The number of rotatable bonds is 10. The maximum atomic E-state index is 5.93. The van der Waals surface area contributed by atoms with Gasteiger partial charge in [0, 0.05) is 43.5 Å². The van der Waals surface area contributed by atoms with Gasteiger partial charge in [0.05, 0.1) is 37.2 Å². The highest BCUT2D eigenvalue weighted by molar-refractivity contribution is 5.68.